The van der Waals surface area contributed by atoms with Crippen molar-refractivity contribution in [2.45, 2.75) is 46.3 Å². The van der Waals surface area contributed by atoms with Crippen LogP contribution < -0.4 is 0 Å². The Hall–Kier alpha value is -1.58. The summed E-state index contributed by atoms with van der Waals surface area (Å²) >= 11 is 7.07. The molecule has 0 aliphatic rings. The van der Waals surface area contributed by atoms with Crippen LogP contribution in [0.4, 0.5) is 4.79 Å². The highest BCUT2D eigenvalue weighted by Gasteiger charge is 2.24. The van der Waals surface area contributed by atoms with Gasteiger partial charge in [-0.1, -0.05) is 28.9 Å². The third-order valence-corrected chi connectivity index (χ3v) is 4.32. The molecule has 0 N–H and O–H groups in total. The van der Waals surface area contributed by atoms with Crippen LogP contribution in [0.15, 0.2) is 22.7 Å². The van der Waals surface area contributed by atoms with Crippen molar-refractivity contribution in [2.24, 2.45) is 0 Å². The van der Waals surface area contributed by atoms with Crippen LogP contribution in [0, 0.1) is 0 Å². The van der Waals surface area contributed by atoms with Crippen molar-refractivity contribution in [1.29, 1.82) is 0 Å². The van der Waals surface area contributed by atoms with E-state index >= 15 is 0 Å². The van der Waals surface area contributed by atoms with Crippen LogP contribution in [-0.2, 0) is 25.1 Å². The van der Waals surface area contributed by atoms with E-state index in [4.69, 9.17) is 13.7 Å². The fraction of sp³-hybridized carbons (Fsp3) is 0.526. The highest BCUT2D eigenvalue weighted by atomic mass is 79.9. The summed E-state index contributed by atoms with van der Waals surface area (Å²) in [5.74, 6) is -1.04. The first kappa shape index (κ1) is 24.5. The van der Waals surface area contributed by atoms with E-state index in [0.717, 1.165) is 10.0 Å². The fourth-order valence-corrected chi connectivity index (χ4v) is 2.69. The molecule has 0 heterocycles. The van der Waals surface area contributed by atoms with Gasteiger partial charge in [0.2, 0.25) is 0 Å². The Morgan fingerprint density at radius 2 is 1.89 bits per heavy atom. The lowest BCUT2D eigenvalue weighted by Crippen LogP contribution is -2.41. The zero-order valence-electron chi connectivity index (χ0n) is 16.5. The van der Waals surface area contributed by atoms with Crippen molar-refractivity contribution >= 4 is 46.7 Å². The lowest BCUT2D eigenvalue weighted by molar-refractivity contribution is -0.143. The first-order chi connectivity index (χ1) is 13.1. The highest BCUT2D eigenvalue weighted by molar-refractivity contribution is 9.10. The van der Waals surface area contributed by atoms with Gasteiger partial charge in [-0.3, -0.25) is 14.5 Å². The number of ketones is 1. The SMILES string of the molecule is CCCN(CC(=O)OCC(=O)c1ccc(Br)c(COS)c1)C(=O)OC(C)(C)C. The summed E-state index contributed by atoms with van der Waals surface area (Å²) in [5.41, 5.74) is 0.457. The maximum absolute atomic E-state index is 12.3. The second-order valence-corrected chi connectivity index (χ2v) is 8.18. The van der Waals surface area contributed by atoms with Gasteiger partial charge in [-0.25, -0.2) is 4.79 Å². The summed E-state index contributed by atoms with van der Waals surface area (Å²) in [6.07, 6.45) is 0.0577. The monoisotopic (exact) mass is 475 g/mol. The van der Waals surface area contributed by atoms with E-state index in [9.17, 15) is 14.4 Å². The predicted molar refractivity (Wildman–Crippen MR) is 111 cm³/mol. The molecule has 0 aliphatic carbocycles. The molecule has 28 heavy (non-hydrogen) atoms. The van der Waals surface area contributed by atoms with Crippen LogP contribution in [0.1, 0.15) is 50.0 Å². The van der Waals surface area contributed by atoms with Gasteiger partial charge in [0.25, 0.3) is 0 Å². The maximum atomic E-state index is 12.3. The number of nitrogens with zero attached hydrogens (tertiary/aromatic N) is 1. The first-order valence-electron chi connectivity index (χ1n) is 8.79. The molecule has 1 aromatic carbocycles. The molecular formula is C19H26BrNO6S. The number of Topliss-reactive ketones (excluding diaryl/α,β-unsaturated/α-hetero) is 1. The van der Waals surface area contributed by atoms with Gasteiger partial charge in [0, 0.05) is 16.6 Å². The van der Waals surface area contributed by atoms with Crippen molar-refractivity contribution in [2.75, 3.05) is 19.7 Å². The quantitative estimate of drug-likeness (QED) is 0.249. The second-order valence-electron chi connectivity index (χ2n) is 7.07. The fourth-order valence-electron chi connectivity index (χ4n) is 2.19. The molecule has 0 atom stereocenters. The molecule has 9 heteroatoms. The molecular weight excluding hydrogens is 450 g/mol. The molecule has 0 aromatic heterocycles. The van der Waals surface area contributed by atoms with E-state index in [1.807, 2.05) is 6.92 Å². The number of ether oxygens (including phenoxy) is 2. The Morgan fingerprint density at radius 1 is 1.21 bits per heavy atom. The van der Waals surface area contributed by atoms with Gasteiger partial charge in [0.05, 0.1) is 6.61 Å². The smallest absolute Gasteiger partial charge is 0.410 e. The van der Waals surface area contributed by atoms with Crippen LogP contribution in [0.2, 0.25) is 0 Å². The lowest BCUT2D eigenvalue weighted by Gasteiger charge is -2.26. The van der Waals surface area contributed by atoms with Gasteiger partial charge < -0.3 is 13.7 Å². The molecule has 1 aromatic rings. The van der Waals surface area contributed by atoms with Gasteiger partial charge in [0.15, 0.2) is 12.4 Å². The minimum absolute atomic E-state index is 0.215. The Morgan fingerprint density at radius 3 is 2.46 bits per heavy atom. The second kappa shape index (κ2) is 11.4. The molecule has 0 unspecified atom stereocenters. The number of halogens is 1. The molecule has 0 bridgehead atoms. The number of hydrogen-bond acceptors (Lipinski definition) is 7. The molecule has 156 valence electrons. The van der Waals surface area contributed by atoms with Crippen LogP contribution in [0.25, 0.3) is 0 Å². The largest absolute Gasteiger partial charge is 0.456 e. The summed E-state index contributed by atoms with van der Waals surface area (Å²) in [5, 5.41) is 0. The Kier molecular flexibility index (Phi) is 9.98. The maximum Gasteiger partial charge on any atom is 0.410 e. The first-order valence-corrected chi connectivity index (χ1v) is 9.94. The van der Waals surface area contributed by atoms with E-state index in [0.29, 0.717) is 18.5 Å². The van der Waals surface area contributed by atoms with Gasteiger partial charge in [-0.2, -0.15) is 0 Å². The molecule has 7 nitrogen and oxygen atoms in total. The molecule has 1 amide bonds. The third kappa shape index (κ3) is 8.62. The molecule has 0 saturated carbocycles. The van der Waals surface area contributed by atoms with Crippen LogP contribution in [0.5, 0.6) is 0 Å². The Bertz CT molecular complexity index is 704. The minimum Gasteiger partial charge on any atom is -0.456 e. The van der Waals surface area contributed by atoms with Crippen LogP contribution in [0.3, 0.4) is 0 Å². The minimum atomic E-state index is -0.677. The zero-order chi connectivity index (χ0) is 21.3. The van der Waals surface area contributed by atoms with E-state index in [2.05, 4.69) is 28.8 Å². The molecule has 0 aliphatic heterocycles. The van der Waals surface area contributed by atoms with Crippen LogP contribution >= 0.6 is 28.8 Å². The average molecular weight is 476 g/mol. The van der Waals surface area contributed by atoms with Gasteiger partial charge in [0.1, 0.15) is 12.1 Å². The van der Waals surface area contributed by atoms with Crippen molar-refractivity contribution in [3.63, 3.8) is 0 Å². The van der Waals surface area contributed by atoms with E-state index in [-0.39, 0.29) is 18.9 Å². The summed E-state index contributed by atoms with van der Waals surface area (Å²) in [6, 6.07) is 4.97. The number of amides is 1. The van der Waals surface area contributed by atoms with E-state index < -0.39 is 24.3 Å². The van der Waals surface area contributed by atoms with Crippen molar-refractivity contribution in [1.82, 2.24) is 4.90 Å². The predicted octanol–water partition coefficient (Wildman–Crippen LogP) is 4.18. The van der Waals surface area contributed by atoms with Crippen molar-refractivity contribution < 1.29 is 28.0 Å². The number of benzene rings is 1. The topological polar surface area (TPSA) is 82.1 Å². The molecule has 0 spiro atoms. The highest BCUT2D eigenvalue weighted by Crippen LogP contribution is 2.20. The normalized spacial score (nSPS) is 11.1. The molecule has 0 saturated heterocycles. The third-order valence-electron chi connectivity index (χ3n) is 3.42. The zero-order valence-corrected chi connectivity index (χ0v) is 19.0. The summed E-state index contributed by atoms with van der Waals surface area (Å²) in [6.45, 7) is 6.98. The van der Waals surface area contributed by atoms with Crippen LogP contribution in [-0.4, -0.2) is 48.0 Å². The van der Waals surface area contributed by atoms with E-state index in [1.54, 1.807) is 39.0 Å². The average Bonchev–Trinajstić information content (AvgIpc) is 2.60. The number of rotatable bonds is 9. The van der Waals surface area contributed by atoms with Crippen molar-refractivity contribution in [3.05, 3.63) is 33.8 Å². The number of carbonyl (C=O) groups excluding carboxylic acids is 3. The van der Waals surface area contributed by atoms with Crippen molar-refractivity contribution in [3.8, 4) is 0 Å². The summed E-state index contributed by atoms with van der Waals surface area (Å²) in [4.78, 5) is 37.8. The number of hydrogen-bond donors (Lipinski definition) is 1. The molecule has 0 fully saturated rings. The molecule has 0 radical (unpaired) electrons. The summed E-state index contributed by atoms with van der Waals surface area (Å²) < 4.78 is 15.9. The molecule has 1 rings (SSSR count). The van der Waals surface area contributed by atoms with E-state index in [1.165, 1.54) is 4.90 Å². The Labute approximate surface area is 179 Å². The van der Waals surface area contributed by atoms with Gasteiger partial charge >= 0.3 is 12.1 Å². The van der Waals surface area contributed by atoms with Gasteiger partial charge in [-0.15, -0.1) is 0 Å². The number of thiol groups is 1. The number of carbonyl (C=O) groups is 3. The number of esters is 1. The summed E-state index contributed by atoms with van der Waals surface area (Å²) in [7, 11) is 0. The standard InChI is InChI=1S/C19H26BrNO6S/c1-5-8-21(18(24)27-19(2,3)4)10-17(23)25-12-16(22)13-6-7-15(20)14(9-13)11-26-28/h6-7,9,28H,5,8,10-12H2,1-4H3. The van der Waals surface area contributed by atoms with Gasteiger partial charge in [-0.05, 0) is 57.8 Å². The Balaban J connectivity index is 2.65. The lowest BCUT2D eigenvalue weighted by atomic mass is 10.1.